The number of alkyl halides is 6. The number of aliphatic imine (C=N–C) groups is 1. The number of halogens is 6. The van der Waals surface area contributed by atoms with Crippen LogP contribution in [0, 0.1) is 0 Å². The average molecular weight is 458 g/mol. The van der Waals surface area contributed by atoms with Gasteiger partial charge in [0.15, 0.2) is 5.57 Å². The van der Waals surface area contributed by atoms with Crippen molar-refractivity contribution in [2.24, 2.45) is 4.99 Å². The highest BCUT2D eigenvalue weighted by molar-refractivity contribution is 5.99. The predicted octanol–water partition coefficient (Wildman–Crippen LogP) is 6.70. The third kappa shape index (κ3) is 6.60. The van der Waals surface area contributed by atoms with Crippen molar-refractivity contribution >= 4 is 5.71 Å². The summed E-state index contributed by atoms with van der Waals surface area (Å²) in [6.45, 7) is 2.97. The van der Waals surface area contributed by atoms with Crippen molar-refractivity contribution in [1.82, 2.24) is 4.98 Å². The molecule has 0 N–H and O–H groups in total. The molecule has 4 nitrogen and oxygen atoms in total. The van der Waals surface area contributed by atoms with Gasteiger partial charge in [0.05, 0.1) is 12.8 Å². The van der Waals surface area contributed by atoms with E-state index in [-0.39, 0.29) is 23.4 Å². The van der Waals surface area contributed by atoms with Crippen LogP contribution in [0.2, 0.25) is 0 Å². The van der Waals surface area contributed by atoms with E-state index in [4.69, 9.17) is 9.47 Å². The Labute approximate surface area is 180 Å². The Hall–Kier alpha value is -3.30. The maximum atomic E-state index is 14.0. The van der Waals surface area contributed by atoms with E-state index in [9.17, 15) is 26.3 Å². The molecule has 0 saturated carbocycles. The van der Waals surface area contributed by atoms with E-state index in [0.29, 0.717) is 0 Å². The first-order chi connectivity index (χ1) is 15.0. The highest BCUT2D eigenvalue weighted by Gasteiger charge is 2.41. The second kappa shape index (κ2) is 10.3. The fraction of sp³-hybridized carbons (Fsp3) is 0.273. The summed E-state index contributed by atoms with van der Waals surface area (Å²) < 4.78 is 90.5. The van der Waals surface area contributed by atoms with Gasteiger partial charge in [-0.05, 0) is 43.7 Å². The van der Waals surface area contributed by atoms with Gasteiger partial charge in [-0.2, -0.15) is 26.3 Å². The number of nitrogens with zero attached hydrogens (tertiary/aromatic N) is 2. The number of para-hydroxylation sites is 1. The van der Waals surface area contributed by atoms with Crippen LogP contribution in [-0.2, 0) is 10.9 Å². The van der Waals surface area contributed by atoms with E-state index < -0.39 is 35.3 Å². The van der Waals surface area contributed by atoms with Crippen LogP contribution in [0.4, 0.5) is 26.3 Å². The number of methoxy groups -OCH3 is 1. The van der Waals surface area contributed by atoms with Crippen LogP contribution < -0.4 is 4.74 Å². The van der Waals surface area contributed by atoms with Gasteiger partial charge in [0.25, 0.3) is 0 Å². The number of aromatic nitrogens is 1. The number of pyridine rings is 1. The van der Waals surface area contributed by atoms with E-state index in [0.717, 1.165) is 25.4 Å². The van der Waals surface area contributed by atoms with E-state index in [1.165, 1.54) is 25.1 Å². The monoisotopic (exact) mass is 458 g/mol. The molecule has 0 aliphatic carbocycles. The van der Waals surface area contributed by atoms with Gasteiger partial charge in [-0.1, -0.05) is 25.1 Å². The van der Waals surface area contributed by atoms with Crippen molar-refractivity contribution in [3.05, 3.63) is 83.2 Å². The van der Waals surface area contributed by atoms with Gasteiger partial charge in [0.2, 0.25) is 5.88 Å². The smallest absolute Gasteiger partial charge is 0.433 e. The van der Waals surface area contributed by atoms with Gasteiger partial charge in [-0.3, -0.25) is 4.98 Å². The van der Waals surface area contributed by atoms with Crippen molar-refractivity contribution < 1.29 is 35.8 Å². The van der Waals surface area contributed by atoms with Gasteiger partial charge in [-0.15, -0.1) is 0 Å². The molecule has 10 heteroatoms. The first kappa shape index (κ1) is 25.0. The third-order valence-corrected chi connectivity index (χ3v) is 4.04. The van der Waals surface area contributed by atoms with E-state index in [1.807, 2.05) is 0 Å². The zero-order valence-corrected chi connectivity index (χ0v) is 17.4. The van der Waals surface area contributed by atoms with Crippen LogP contribution in [0.3, 0.4) is 0 Å². The van der Waals surface area contributed by atoms with E-state index >= 15 is 0 Å². The molecule has 2 rings (SSSR count). The standard InChI is InChI=1S/C22H20F6N2O2/c1-4-8-17(32-16-9-6-5-7-10-16)19(22(26,27)28)20(31-3)30-14(2)15-11-12-18(29-13-15)21(23,24)25/h5-13H,4H2,1-3H3/b17-8-,20-19-,30-14+. The molecule has 0 atom stereocenters. The molecule has 0 unspecified atom stereocenters. The Bertz CT molecular complexity index is 992. The summed E-state index contributed by atoms with van der Waals surface area (Å²) in [5, 5.41) is 0. The lowest BCUT2D eigenvalue weighted by Crippen LogP contribution is -2.20. The summed E-state index contributed by atoms with van der Waals surface area (Å²) in [4.78, 5) is 7.18. The molecule has 0 fully saturated rings. The lowest BCUT2D eigenvalue weighted by Gasteiger charge is -2.18. The molecule has 0 bridgehead atoms. The molecule has 1 aromatic carbocycles. The Balaban J connectivity index is 2.56. The lowest BCUT2D eigenvalue weighted by molar-refractivity contribution is -0.141. The SMILES string of the molecule is CC/C=C(Oc1ccccc1)/C(=C(\N=C(/C)c1ccc(C(F)(F)F)nc1)OC)C(F)(F)F. The van der Waals surface area contributed by atoms with Gasteiger partial charge in [0, 0.05) is 11.8 Å². The highest BCUT2D eigenvalue weighted by atomic mass is 19.4. The van der Waals surface area contributed by atoms with E-state index in [1.54, 1.807) is 25.1 Å². The van der Waals surface area contributed by atoms with Crippen LogP contribution in [-0.4, -0.2) is 24.0 Å². The zero-order chi connectivity index (χ0) is 23.9. The molecule has 1 aromatic heterocycles. The summed E-state index contributed by atoms with van der Waals surface area (Å²) >= 11 is 0. The van der Waals surface area contributed by atoms with Crippen molar-refractivity contribution in [3.8, 4) is 5.75 Å². The molecule has 2 aromatic rings. The summed E-state index contributed by atoms with van der Waals surface area (Å²) in [5.74, 6) is -1.13. The fourth-order valence-electron chi connectivity index (χ4n) is 2.56. The molecule has 32 heavy (non-hydrogen) atoms. The van der Waals surface area contributed by atoms with Gasteiger partial charge >= 0.3 is 12.4 Å². The number of ether oxygens (including phenoxy) is 2. The third-order valence-electron chi connectivity index (χ3n) is 4.04. The number of rotatable bonds is 7. The molecule has 172 valence electrons. The maximum Gasteiger partial charge on any atom is 0.433 e. The first-order valence-electron chi connectivity index (χ1n) is 9.35. The Kier molecular flexibility index (Phi) is 8.07. The van der Waals surface area contributed by atoms with Crippen LogP contribution in [0.25, 0.3) is 0 Å². The normalized spacial score (nSPS) is 14.2. The summed E-state index contributed by atoms with van der Waals surface area (Å²) in [5.41, 5.74) is -2.32. The van der Waals surface area contributed by atoms with E-state index in [2.05, 4.69) is 9.98 Å². The fourth-order valence-corrected chi connectivity index (χ4v) is 2.56. The number of allylic oxidation sites excluding steroid dienone is 2. The number of benzene rings is 1. The second-order valence-electron chi connectivity index (χ2n) is 6.40. The van der Waals surface area contributed by atoms with Crippen LogP contribution in [0.1, 0.15) is 31.5 Å². The lowest BCUT2D eigenvalue weighted by atomic mass is 10.1. The Morgan fingerprint density at radius 1 is 1.03 bits per heavy atom. The van der Waals surface area contributed by atoms with Crippen molar-refractivity contribution in [3.63, 3.8) is 0 Å². The largest absolute Gasteiger partial charge is 0.480 e. The zero-order valence-electron chi connectivity index (χ0n) is 17.4. The summed E-state index contributed by atoms with van der Waals surface area (Å²) in [7, 11) is 1.01. The number of hydrogen-bond donors (Lipinski definition) is 0. The van der Waals surface area contributed by atoms with Gasteiger partial charge in [-0.25, -0.2) is 4.99 Å². The highest BCUT2D eigenvalue weighted by Crippen LogP contribution is 2.36. The summed E-state index contributed by atoms with van der Waals surface area (Å²) in [6.07, 6.45) is -7.20. The van der Waals surface area contributed by atoms with Crippen LogP contribution in [0.15, 0.2) is 76.9 Å². The molecular weight excluding hydrogens is 438 g/mol. The van der Waals surface area contributed by atoms with Crippen molar-refractivity contribution in [2.45, 2.75) is 32.6 Å². The quantitative estimate of drug-likeness (QED) is 0.201. The topological polar surface area (TPSA) is 43.7 Å². The molecule has 0 saturated heterocycles. The second-order valence-corrected chi connectivity index (χ2v) is 6.40. The Morgan fingerprint density at radius 3 is 2.16 bits per heavy atom. The molecule has 0 spiro atoms. The van der Waals surface area contributed by atoms with Crippen LogP contribution >= 0.6 is 0 Å². The first-order valence-corrected chi connectivity index (χ1v) is 9.35. The minimum absolute atomic E-state index is 0.0274. The molecular formula is C22H20F6N2O2. The number of hydrogen-bond acceptors (Lipinski definition) is 4. The summed E-state index contributed by atoms with van der Waals surface area (Å²) in [6, 6.07) is 9.66. The molecule has 0 aliphatic rings. The van der Waals surface area contributed by atoms with Crippen molar-refractivity contribution in [2.75, 3.05) is 7.11 Å². The molecule has 0 amide bonds. The molecule has 1 heterocycles. The predicted molar refractivity (Wildman–Crippen MR) is 107 cm³/mol. The van der Waals surface area contributed by atoms with Crippen molar-refractivity contribution in [1.29, 1.82) is 0 Å². The average Bonchev–Trinajstić information content (AvgIpc) is 2.72. The minimum Gasteiger partial charge on any atom is -0.480 e. The van der Waals surface area contributed by atoms with Crippen LogP contribution in [0.5, 0.6) is 5.75 Å². The van der Waals surface area contributed by atoms with Gasteiger partial charge in [0.1, 0.15) is 17.2 Å². The Morgan fingerprint density at radius 2 is 1.69 bits per heavy atom. The molecule has 0 radical (unpaired) electrons. The molecule has 0 aliphatic heterocycles. The maximum absolute atomic E-state index is 14.0. The minimum atomic E-state index is -4.90. The van der Waals surface area contributed by atoms with Gasteiger partial charge < -0.3 is 9.47 Å².